The van der Waals surface area contributed by atoms with E-state index in [-0.39, 0.29) is 35.8 Å². The number of benzene rings is 2. The molecule has 54 heavy (non-hydrogen) atoms. The van der Waals surface area contributed by atoms with E-state index in [4.69, 9.17) is 9.47 Å². The molecule has 2 aromatic heterocycles. The van der Waals surface area contributed by atoms with Crippen molar-refractivity contribution in [3.05, 3.63) is 106 Å². The van der Waals surface area contributed by atoms with Gasteiger partial charge in [-0.05, 0) is 120 Å². The monoisotopic (exact) mass is 728 g/mol. The Labute approximate surface area is 313 Å². The van der Waals surface area contributed by atoms with Crippen LogP contribution in [0.3, 0.4) is 0 Å². The molecule has 12 nitrogen and oxygen atoms in total. The Morgan fingerprint density at radius 2 is 1.07 bits per heavy atom. The molecule has 2 aromatic carbocycles. The number of carbonyl (C=O) groups is 4. The number of aromatic nitrogens is 2. The summed E-state index contributed by atoms with van der Waals surface area (Å²) in [7, 11) is 0. The van der Waals surface area contributed by atoms with E-state index < -0.39 is 0 Å². The maximum absolute atomic E-state index is 13.6. The quantitative estimate of drug-likeness (QED) is 0.123. The van der Waals surface area contributed by atoms with E-state index in [1.165, 1.54) is 0 Å². The zero-order valence-corrected chi connectivity index (χ0v) is 30.5. The molecule has 0 unspecified atom stereocenters. The number of esters is 2. The van der Waals surface area contributed by atoms with Gasteiger partial charge in [-0.25, -0.2) is 0 Å². The third kappa shape index (κ3) is 7.62. The summed E-state index contributed by atoms with van der Waals surface area (Å²) >= 11 is 0. The molecular formula is C42H44N6O6. The van der Waals surface area contributed by atoms with Crippen LogP contribution in [-0.4, -0.2) is 59.0 Å². The van der Waals surface area contributed by atoms with E-state index in [0.29, 0.717) is 73.7 Å². The fourth-order valence-electron chi connectivity index (χ4n) is 7.42. The molecule has 4 heterocycles. The van der Waals surface area contributed by atoms with E-state index in [2.05, 4.69) is 31.2 Å². The Morgan fingerprint density at radius 1 is 0.648 bits per heavy atom. The van der Waals surface area contributed by atoms with Gasteiger partial charge in [0, 0.05) is 49.7 Å². The first-order chi connectivity index (χ1) is 26.2. The summed E-state index contributed by atoms with van der Waals surface area (Å²) in [5.41, 5.74) is 9.81. The molecule has 0 radical (unpaired) electrons. The molecule has 2 aliphatic heterocycles. The Morgan fingerprint density at radius 3 is 1.44 bits per heavy atom. The van der Waals surface area contributed by atoms with E-state index in [0.717, 1.165) is 70.2 Å². The van der Waals surface area contributed by atoms with E-state index in [1.807, 2.05) is 62.4 Å². The number of ether oxygens (including phenoxy) is 2. The standard InChI is InChI=1S/C42H44N6O6/c1-23-29(5-3-7-33(23)47-39(49)37-17-31(25-9-10-25)27(21-45-37)19-43-35-13-15-53-41(35)51)30-6-4-8-34(24(30)2)48-40(50)38-18-32(26-11-12-26)28(22-46-38)20-44-36-14-16-54-42(36)52/h3-8,17-18,21-22,25-26,35-36,43-44H,9-16,19-20H2,1-2H3,(H,47,49)(H,48,50)/t35-,36-/m0/s1. The second kappa shape index (κ2) is 15.1. The van der Waals surface area contributed by atoms with Crippen molar-refractivity contribution in [1.29, 1.82) is 0 Å². The van der Waals surface area contributed by atoms with Crippen LogP contribution in [-0.2, 0) is 32.2 Å². The smallest absolute Gasteiger partial charge is 0.323 e. The highest BCUT2D eigenvalue weighted by Crippen LogP contribution is 2.43. The highest BCUT2D eigenvalue weighted by atomic mass is 16.5. The lowest BCUT2D eigenvalue weighted by Crippen LogP contribution is -2.32. The minimum absolute atomic E-state index is 0.224. The lowest BCUT2D eigenvalue weighted by atomic mass is 9.94. The van der Waals surface area contributed by atoms with Crippen LogP contribution in [0.2, 0.25) is 0 Å². The number of hydrogen-bond donors (Lipinski definition) is 4. The largest absolute Gasteiger partial charge is 0.464 e. The summed E-state index contributed by atoms with van der Waals surface area (Å²) in [5.74, 6) is -0.272. The second-order valence-corrected chi connectivity index (χ2v) is 14.7. The van der Waals surface area contributed by atoms with Gasteiger partial charge in [0.05, 0.1) is 13.2 Å². The van der Waals surface area contributed by atoms with Crippen LogP contribution < -0.4 is 21.3 Å². The summed E-state index contributed by atoms with van der Waals surface area (Å²) in [6.07, 6.45) is 9.03. The Kier molecular flexibility index (Phi) is 9.95. The van der Waals surface area contributed by atoms with Crippen LogP contribution >= 0.6 is 0 Å². The SMILES string of the molecule is Cc1c(NC(=O)c2cc(C3CC3)c(CN[C@H]3CCOC3=O)cn2)cccc1-c1cccc(NC(=O)c2cc(C3CC3)c(CN[C@H]3CCOC3=O)cn2)c1C. The molecule has 4 fully saturated rings. The van der Waals surface area contributed by atoms with E-state index in [9.17, 15) is 19.2 Å². The van der Waals surface area contributed by atoms with Crippen LogP contribution in [0, 0.1) is 13.8 Å². The molecule has 278 valence electrons. The zero-order valence-electron chi connectivity index (χ0n) is 30.5. The van der Waals surface area contributed by atoms with Crippen molar-refractivity contribution in [2.45, 2.75) is 89.4 Å². The molecule has 2 saturated carbocycles. The van der Waals surface area contributed by atoms with Gasteiger partial charge in [0.2, 0.25) is 0 Å². The van der Waals surface area contributed by atoms with Crippen LogP contribution in [0.5, 0.6) is 0 Å². The molecule has 2 atom stereocenters. The first kappa shape index (κ1) is 35.6. The molecule has 4 N–H and O–H groups in total. The highest BCUT2D eigenvalue weighted by Gasteiger charge is 2.31. The van der Waals surface area contributed by atoms with Gasteiger partial charge < -0.3 is 30.7 Å². The molecule has 2 amide bonds. The number of amides is 2. The number of cyclic esters (lactones) is 2. The molecule has 2 saturated heterocycles. The summed E-state index contributed by atoms with van der Waals surface area (Å²) in [6, 6.07) is 14.7. The van der Waals surface area contributed by atoms with Gasteiger partial charge in [-0.1, -0.05) is 24.3 Å². The number of pyridine rings is 2. The van der Waals surface area contributed by atoms with Gasteiger partial charge >= 0.3 is 11.9 Å². The molecule has 0 bridgehead atoms. The molecule has 4 aromatic rings. The average molecular weight is 729 g/mol. The fraction of sp³-hybridized carbons (Fsp3) is 0.381. The molecule has 12 heteroatoms. The predicted octanol–water partition coefficient (Wildman–Crippen LogP) is 5.83. The number of rotatable bonds is 13. The lowest BCUT2D eigenvalue weighted by Gasteiger charge is -2.17. The van der Waals surface area contributed by atoms with Crippen molar-refractivity contribution >= 4 is 35.1 Å². The lowest BCUT2D eigenvalue weighted by molar-refractivity contribution is -0.140. The molecule has 4 aliphatic rings. The zero-order chi connectivity index (χ0) is 37.3. The van der Waals surface area contributed by atoms with Crippen molar-refractivity contribution in [2.24, 2.45) is 0 Å². The third-order valence-electron chi connectivity index (χ3n) is 10.9. The number of anilines is 2. The van der Waals surface area contributed by atoms with Crippen LogP contribution in [0.4, 0.5) is 11.4 Å². The Hall–Kier alpha value is -5.46. The minimum Gasteiger partial charge on any atom is -0.464 e. The van der Waals surface area contributed by atoms with Gasteiger partial charge in [0.15, 0.2) is 0 Å². The first-order valence-electron chi connectivity index (χ1n) is 18.8. The summed E-state index contributed by atoms with van der Waals surface area (Å²) in [6.45, 7) is 5.78. The van der Waals surface area contributed by atoms with Gasteiger partial charge in [-0.3, -0.25) is 29.1 Å². The molecule has 8 rings (SSSR count). The fourth-order valence-corrected chi connectivity index (χ4v) is 7.42. The summed E-state index contributed by atoms with van der Waals surface area (Å²) < 4.78 is 10.2. The number of hydrogen-bond acceptors (Lipinski definition) is 10. The topological polar surface area (TPSA) is 161 Å². The average Bonchev–Trinajstić information content (AvgIpc) is 4.12. The van der Waals surface area contributed by atoms with Crippen LogP contribution in [0.25, 0.3) is 11.1 Å². The number of carbonyl (C=O) groups excluding carboxylic acids is 4. The third-order valence-corrected chi connectivity index (χ3v) is 10.9. The highest BCUT2D eigenvalue weighted by molar-refractivity contribution is 6.05. The van der Waals surface area contributed by atoms with Crippen molar-refractivity contribution in [3.8, 4) is 11.1 Å². The van der Waals surface area contributed by atoms with Gasteiger partial charge in [0.1, 0.15) is 23.5 Å². The number of nitrogens with one attached hydrogen (secondary N) is 4. The summed E-state index contributed by atoms with van der Waals surface area (Å²) in [5, 5.41) is 12.7. The van der Waals surface area contributed by atoms with Gasteiger partial charge in [-0.15, -0.1) is 0 Å². The first-order valence-corrected chi connectivity index (χ1v) is 18.8. The van der Waals surface area contributed by atoms with E-state index in [1.54, 1.807) is 12.4 Å². The maximum Gasteiger partial charge on any atom is 0.323 e. The molecular weight excluding hydrogens is 684 g/mol. The van der Waals surface area contributed by atoms with Crippen molar-refractivity contribution < 1.29 is 28.7 Å². The van der Waals surface area contributed by atoms with E-state index >= 15 is 0 Å². The van der Waals surface area contributed by atoms with Crippen molar-refractivity contribution in [3.63, 3.8) is 0 Å². The van der Waals surface area contributed by atoms with Crippen molar-refractivity contribution in [2.75, 3.05) is 23.8 Å². The van der Waals surface area contributed by atoms with Gasteiger partial charge in [0.25, 0.3) is 11.8 Å². The normalized spacial score (nSPS) is 19.4. The van der Waals surface area contributed by atoms with Crippen LogP contribution in [0.15, 0.2) is 60.9 Å². The minimum atomic E-state index is -0.314. The Bertz CT molecular complexity index is 1990. The Balaban J connectivity index is 0.962. The summed E-state index contributed by atoms with van der Waals surface area (Å²) in [4.78, 5) is 60.1. The predicted molar refractivity (Wildman–Crippen MR) is 202 cm³/mol. The second-order valence-electron chi connectivity index (χ2n) is 14.7. The number of nitrogens with zero attached hydrogens (tertiary/aromatic N) is 2. The van der Waals surface area contributed by atoms with Crippen LogP contribution in [0.1, 0.15) is 105 Å². The maximum atomic E-state index is 13.6. The van der Waals surface area contributed by atoms with Gasteiger partial charge in [-0.2, -0.15) is 0 Å². The molecule has 0 spiro atoms. The molecule has 2 aliphatic carbocycles. The van der Waals surface area contributed by atoms with Crippen molar-refractivity contribution in [1.82, 2.24) is 20.6 Å².